The summed E-state index contributed by atoms with van der Waals surface area (Å²) < 4.78 is 4.95. The molecule has 0 radical (unpaired) electrons. The van der Waals surface area contributed by atoms with Crippen molar-refractivity contribution in [2.45, 2.75) is 33.0 Å². The van der Waals surface area contributed by atoms with Gasteiger partial charge >= 0.3 is 12.3 Å². The van der Waals surface area contributed by atoms with Crippen LogP contribution >= 0.6 is 0 Å². The monoisotopic (exact) mass is 305 g/mol. The summed E-state index contributed by atoms with van der Waals surface area (Å²) in [5, 5.41) is 0. The van der Waals surface area contributed by atoms with E-state index in [1.54, 1.807) is 0 Å². The average Bonchev–Trinajstić information content (AvgIpc) is 2.50. The Labute approximate surface area is 128 Å². The predicted molar refractivity (Wildman–Crippen MR) is 78.8 cm³/mol. The topological polar surface area (TPSA) is 101 Å². The minimum absolute atomic E-state index is 0.0942. The van der Waals surface area contributed by atoms with Crippen LogP contribution in [0.4, 0.5) is 4.79 Å². The van der Waals surface area contributed by atoms with Crippen molar-refractivity contribution in [2.75, 3.05) is 0 Å². The minimum Gasteiger partial charge on any atom is -0.443 e. The lowest BCUT2D eigenvalue weighted by atomic mass is 10.0. The Balaban J connectivity index is 2.44. The molecular formula is C15H19N3O4. The van der Waals surface area contributed by atoms with Gasteiger partial charge in [-0.3, -0.25) is 9.63 Å². The molecule has 0 saturated heterocycles. The van der Waals surface area contributed by atoms with E-state index in [1.807, 2.05) is 44.2 Å². The SMILES string of the molecule is CC(C)C[C@@H](ONC(=O)OCc1ccccc1)C(=O)C=[N+]=[N-]. The molecule has 1 amide bonds. The van der Waals surface area contributed by atoms with Crippen LogP contribution in [-0.2, 0) is 21.0 Å². The van der Waals surface area contributed by atoms with E-state index >= 15 is 0 Å². The standard InChI is InChI=1S/C15H19N3O4/c1-11(2)8-14(13(19)9-17-16)22-18-15(20)21-10-12-6-4-3-5-7-12/h3-7,9,11,14H,8,10H2,1-2H3,(H,18,20)/t14-/m1/s1. The Morgan fingerprint density at radius 2 is 2.00 bits per heavy atom. The summed E-state index contributed by atoms with van der Waals surface area (Å²) in [6.07, 6.45) is -0.625. The number of hydroxylamine groups is 1. The molecule has 1 aromatic carbocycles. The zero-order valence-electron chi connectivity index (χ0n) is 12.6. The summed E-state index contributed by atoms with van der Waals surface area (Å²) in [5.41, 5.74) is 11.3. The first-order valence-corrected chi connectivity index (χ1v) is 6.86. The van der Waals surface area contributed by atoms with Gasteiger partial charge in [-0.25, -0.2) is 4.79 Å². The van der Waals surface area contributed by atoms with E-state index in [0.29, 0.717) is 6.42 Å². The number of ether oxygens (including phenoxy) is 1. The van der Waals surface area contributed by atoms with Gasteiger partial charge in [0.15, 0.2) is 6.10 Å². The first-order valence-electron chi connectivity index (χ1n) is 6.86. The van der Waals surface area contributed by atoms with Crippen LogP contribution in [-0.4, -0.2) is 29.0 Å². The van der Waals surface area contributed by atoms with Crippen LogP contribution in [0.15, 0.2) is 30.3 Å². The molecule has 1 N–H and O–H groups in total. The van der Waals surface area contributed by atoms with Gasteiger partial charge in [0, 0.05) is 0 Å². The number of Topliss-reactive ketones (excluding diaryl/α,β-unsaturated/α-hetero) is 1. The number of carbonyl (C=O) groups is 2. The molecule has 0 aromatic heterocycles. The fraction of sp³-hybridized carbons (Fsp3) is 0.400. The molecule has 0 fully saturated rings. The first kappa shape index (κ1) is 17.6. The number of amides is 1. The smallest absolute Gasteiger partial charge is 0.431 e. The van der Waals surface area contributed by atoms with Crippen molar-refractivity contribution in [3.05, 3.63) is 41.4 Å². The Hall–Kier alpha value is -2.50. The normalized spacial score (nSPS) is 11.4. The van der Waals surface area contributed by atoms with E-state index in [1.165, 1.54) is 0 Å². The molecule has 0 aliphatic rings. The quantitative estimate of drug-likeness (QED) is 0.344. The number of nitrogens with zero attached hydrogens (tertiary/aromatic N) is 2. The van der Waals surface area contributed by atoms with Crippen LogP contribution in [0.3, 0.4) is 0 Å². The van der Waals surface area contributed by atoms with Gasteiger partial charge in [0.2, 0.25) is 0 Å². The number of carbonyl (C=O) groups excluding carboxylic acids is 2. The molecule has 1 aromatic rings. The highest BCUT2D eigenvalue weighted by Gasteiger charge is 2.23. The maximum Gasteiger partial charge on any atom is 0.431 e. The number of hydrogen-bond acceptors (Lipinski definition) is 4. The second-order valence-corrected chi connectivity index (χ2v) is 5.05. The molecule has 22 heavy (non-hydrogen) atoms. The largest absolute Gasteiger partial charge is 0.443 e. The molecule has 0 spiro atoms. The lowest BCUT2D eigenvalue weighted by Crippen LogP contribution is -2.36. The third-order valence-electron chi connectivity index (χ3n) is 2.69. The van der Waals surface area contributed by atoms with E-state index in [9.17, 15) is 9.59 Å². The van der Waals surface area contributed by atoms with Crippen LogP contribution in [0.1, 0.15) is 25.8 Å². The lowest BCUT2D eigenvalue weighted by molar-refractivity contribution is -0.132. The number of benzene rings is 1. The predicted octanol–water partition coefficient (Wildman–Crippen LogP) is 2.13. The first-order chi connectivity index (χ1) is 10.5. The van der Waals surface area contributed by atoms with Crippen molar-refractivity contribution in [3.63, 3.8) is 0 Å². The van der Waals surface area contributed by atoms with E-state index in [-0.39, 0.29) is 12.5 Å². The molecule has 0 unspecified atom stereocenters. The van der Waals surface area contributed by atoms with Crippen molar-refractivity contribution in [2.24, 2.45) is 5.92 Å². The highest BCUT2D eigenvalue weighted by atomic mass is 16.7. The molecule has 118 valence electrons. The maximum atomic E-state index is 11.6. The summed E-state index contributed by atoms with van der Waals surface area (Å²) in [6.45, 7) is 3.89. The highest BCUT2D eigenvalue weighted by molar-refractivity contribution is 6.27. The summed E-state index contributed by atoms with van der Waals surface area (Å²) in [6, 6.07) is 9.16. The zero-order valence-corrected chi connectivity index (χ0v) is 12.6. The van der Waals surface area contributed by atoms with Crippen molar-refractivity contribution in [3.8, 4) is 0 Å². The Bertz CT molecular complexity index is 539. The van der Waals surface area contributed by atoms with Crippen LogP contribution in [0.2, 0.25) is 0 Å². The van der Waals surface area contributed by atoms with Gasteiger partial charge in [0.25, 0.3) is 5.78 Å². The third kappa shape index (κ3) is 6.78. The highest BCUT2D eigenvalue weighted by Crippen LogP contribution is 2.08. The average molecular weight is 305 g/mol. The Kier molecular flexibility index (Phi) is 7.53. The van der Waals surface area contributed by atoms with Gasteiger partial charge in [-0.1, -0.05) is 44.2 Å². The molecule has 0 saturated carbocycles. The molecule has 0 aliphatic carbocycles. The number of hydrogen-bond donors (Lipinski definition) is 1. The molecule has 0 heterocycles. The van der Waals surface area contributed by atoms with Crippen molar-refractivity contribution in [1.82, 2.24) is 5.48 Å². The van der Waals surface area contributed by atoms with Crippen molar-refractivity contribution < 1.29 is 24.0 Å². The number of ketones is 1. The Morgan fingerprint density at radius 1 is 1.32 bits per heavy atom. The summed E-state index contributed by atoms with van der Waals surface area (Å²) in [4.78, 5) is 30.9. The fourth-order valence-electron chi connectivity index (χ4n) is 1.66. The van der Waals surface area contributed by atoms with Gasteiger partial charge < -0.3 is 10.3 Å². The molecule has 1 rings (SSSR count). The maximum absolute atomic E-state index is 11.6. The van der Waals surface area contributed by atoms with Crippen molar-refractivity contribution >= 4 is 18.1 Å². The van der Waals surface area contributed by atoms with Gasteiger partial charge in [0.05, 0.1) is 0 Å². The van der Waals surface area contributed by atoms with Gasteiger partial charge in [-0.15, -0.1) is 0 Å². The van der Waals surface area contributed by atoms with E-state index in [4.69, 9.17) is 15.1 Å². The van der Waals surface area contributed by atoms with Crippen LogP contribution < -0.4 is 5.48 Å². The number of rotatable bonds is 8. The zero-order chi connectivity index (χ0) is 16.4. The minimum atomic E-state index is -0.930. The van der Waals surface area contributed by atoms with Gasteiger partial charge in [-0.2, -0.15) is 10.3 Å². The van der Waals surface area contributed by atoms with Crippen LogP contribution in [0.25, 0.3) is 5.53 Å². The van der Waals surface area contributed by atoms with E-state index < -0.39 is 18.0 Å². The second kappa shape index (κ2) is 9.44. The molecule has 1 atom stereocenters. The van der Waals surface area contributed by atoms with Gasteiger partial charge in [0.1, 0.15) is 6.61 Å². The molecule has 0 bridgehead atoms. The van der Waals surface area contributed by atoms with Crippen molar-refractivity contribution in [1.29, 1.82) is 0 Å². The summed E-state index contributed by atoms with van der Waals surface area (Å²) in [5.74, 6) is -0.386. The molecular weight excluding hydrogens is 286 g/mol. The lowest BCUT2D eigenvalue weighted by Gasteiger charge is -2.15. The van der Waals surface area contributed by atoms with Crippen LogP contribution in [0, 0.1) is 5.92 Å². The molecule has 7 heteroatoms. The van der Waals surface area contributed by atoms with E-state index in [0.717, 1.165) is 11.8 Å². The van der Waals surface area contributed by atoms with E-state index in [2.05, 4.69) is 10.3 Å². The fourth-order valence-corrected chi connectivity index (χ4v) is 1.66. The second-order valence-electron chi connectivity index (χ2n) is 5.05. The third-order valence-corrected chi connectivity index (χ3v) is 2.69. The summed E-state index contributed by atoms with van der Waals surface area (Å²) >= 11 is 0. The molecule has 7 nitrogen and oxygen atoms in total. The summed E-state index contributed by atoms with van der Waals surface area (Å²) in [7, 11) is 0. The number of nitrogens with one attached hydrogen (secondary N) is 1. The molecule has 0 aliphatic heterocycles. The van der Waals surface area contributed by atoms with Crippen LogP contribution in [0.5, 0.6) is 0 Å². The van der Waals surface area contributed by atoms with Gasteiger partial charge in [-0.05, 0) is 17.9 Å². The Morgan fingerprint density at radius 3 is 2.59 bits per heavy atom.